The van der Waals surface area contributed by atoms with Crippen molar-refractivity contribution in [2.24, 2.45) is 29.4 Å². The minimum atomic E-state index is 0.0432. The fourth-order valence-corrected chi connectivity index (χ4v) is 4.99. The number of nitrogens with two attached hydrogens (primary N) is 1. The highest BCUT2D eigenvalue weighted by Crippen LogP contribution is 2.59. The lowest BCUT2D eigenvalue weighted by Crippen LogP contribution is -2.63. The van der Waals surface area contributed by atoms with Crippen LogP contribution in [-0.2, 0) is 4.74 Å². The third-order valence-corrected chi connectivity index (χ3v) is 5.29. The van der Waals surface area contributed by atoms with Crippen LogP contribution in [0.4, 0.5) is 0 Å². The summed E-state index contributed by atoms with van der Waals surface area (Å²) in [5.41, 5.74) is 6.16. The first-order chi connectivity index (χ1) is 7.64. The maximum Gasteiger partial charge on any atom is 0.0863 e. The summed E-state index contributed by atoms with van der Waals surface area (Å²) in [6.45, 7) is 5.05. The molecule has 0 aliphatic heterocycles. The van der Waals surface area contributed by atoms with E-state index in [1.165, 1.54) is 32.1 Å². The molecule has 4 aliphatic rings. The first-order valence-corrected chi connectivity index (χ1v) is 7.02. The molecule has 16 heavy (non-hydrogen) atoms. The van der Waals surface area contributed by atoms with Crippen LogP contribution >= 0.6 is 0 Å². The van der Waals surface area contributed by atoms with E-state index in [2.05, 4.69) is 13.8 Å². The van der Waals surface area contributed by atoms with Crippen LogP contribution in [0.3, 0.4) is 0 Å². The van der Waals surface area contributed by atoms with Gasteiger partial charge in [-0.2, -0.15) is 0 Å². The Balaban J connectivity index is 1.88. The highest BCUT2D eigenvalue weighted by Gasteiger charge is 2.57. The zero-order valence-electron chi connectivity index (χ0n) is 10.6. The van der Waals surface area contributed by atoms with Gasteiger partial charge in [-0.15, -0.1) is 0 Å². The predicted molar refractivity (Wildman–Crippen MR) is 65.1 cm³/mol. The Kier molecular flexibility index (Phi) is 2.56. The molecule has 4 saturated carbocycles. The molecule has 4 aliphatic carbocycles. The molecule has 0 unspecified atom stereocenters. The van der Waals surface area contributed by atoms with Crippen molar-refractivity contribution in [3.05, 3.63) is 0 Å². The van der Waals surface area contributed by atoms with Gasteiger partial charge < -0.3 is 10.5 Å². The quantitative estimate of drug-likeness (QED) is 0.798. The lowest BCUT2D eigenvalue weighted by molar-refractivity contribution is -0.214. The first kappa shape index (κ1) is 11.0. The van der Waals surface area contributed by atoms with E-state index in [4.69, 9.17) is 10.5 Å². The highest BCUT2D eigenvalue weighted by atomic mass is 16.5. The van der Waals surface area contributed by atoms with Gasteiger partial charge in [0, 0.05) is 6.54 Å². The van der Waals surface area contributed by atoms with E-state index in [9.17, 15) is 0 Å². The molecule has 4 fully saturated rings. The summed E-state index contributed by atoms with van der Waals surface area (Å²) in [5.74, 6) is 3.52. The summed E-state index contributed by atoms with van der Waals surface area (Å²) < 4.78 is 6.34. The van der Waals surface area contributed by atoms with E-state index in [0.29, 0.717) is 6.10 Å². The smallest absolute Gasteiger partial charge is 0.0863 e. The standard InChI is InChI=1S/C14H25NO/c1-9(2)16-14(8-15)12-4-10-3-11(6-12)7-13(14)5-10/h9-13H,3-8,15H2,1-2H3. The van der Waals surface area contributed by atoms with Crippen molar-refractivity contribution < 1.29 is 4.74 Å². The van der Waals surface area contributed by atoms with Gasteiger partial charge in [-0.1, -0.05) is 0 Å². The van der Waals surface area contributed by atoms with Crippen LogP contribution < -0.4 is 5.73 Å². The molecule has 0 heterocycles. The van der Waals surface area contributed by atoms with Gasteiger partial charge in [-0.3, -0.25) is 0 Å². The summed E-state index contributed by atoms with van der Waals surface area (Å²) >= 11 is 0. The van der Waals surface area contributed by atoms with Gasteiger partial charge >= 0.3 is 0 Å². The van der Waals surface area contributed by atoms with Crippen LogP contribution in [0.5, 0.6) is 0 Å². The van der Waals surface area contributed by atoms with Crippen molar-refractivity contribution >= 4 is 0 Å². The third kappa shape index (κ3) is 1.46. The molecule has 4 bridgehead atoms. The van der Waals surface area contributed by atoms with Gasteiger partial charge in [0.15, 0.2) is 0 Å². The molecule has 0 amide bonds. The fraction of sp³-hybridized carbons (Fsp3) is 1.00. The molecule has 0 atom stereocenters. The van der Waals surface area contributed by atoms with Crippen LogP contribution in [0, 0.1) is 23.7 Å². The van der Waals surface area contributed by atoms with Gasteiger partial charge in [0.05, 0.1) is 11.7 Å². The van der Waals surface area contributed by atoms with E-state index in [0.717, 1.165) is 30.2 Å². The summed E-state index contributed by atoms with van der Waals surface area (Å²) in [7, 11) is 0. The Morgan fingerprint density at radius 1 is 1.06 bits per heavy atom. The zero-order chi connectivity index (χ0) is 11.3. The Hall–Kier alpha value is -0.0800. The number of rotatable bonds is 3. The van der Waals surface area contributed by atoms with Crippen molar-refractivity contribution in [2.45, 2.75) is 57.7 Å². The van der Waals surface area contributed by atoms with Crippen LogP contribution in [0.15, 0.2) is 0 Å². The SMILES string of the molecule is CC(C)OC1(CN)C2CC3CC(C2)CC1C3. The van der Waals surface area contributed by atoms with Crippen molar-refractivity contribution in [1.29, 1.82) is 0 Å². The molecule has 4 rings (SSSR count). The normalized spacial score (nSPS) is 50.2. The zero-order valence-corrected chi connectivity index (χ0v) is 10.6. The van der Waals surface area contributed by atoms with Crippen LogP contribution in [0.1, 0.15) is 46.0 Å². The molecule has 2 nitrogen and oxygen atoms in total. The van der Waals surface area contributed by atoms with Crippen molar-refractivity contribution in [3.63, 3.8) is 0 Å². The maximum atomic E-state index is 6.34. The molecule has 0 saturated heterocycles. The number of hydrogen-bond acceptors (Lipinski definition) is 2. The maximum absolute atomic E-state index is 6.34. The topological polar surface area (TPSA) is 35.2 Å². The average Bonchev–Trinajstić information content (AvgIpc) is 2.22. The van der Waals surface area contributed by atoms with Gasteiger partial charge in [0.1, 0.15) is 0 Å². The van der Waals surface area contributed by atoms with Crippen LogP contribution in [0.2, 0.25) is 0 Å². The first-order valence-electron chi connectivity index (χ1n) is 7.02. The molecular formula is C14H25NO. The van der Waals surface area contributed by atoms with Crippen LogP contribution in [0.25, 0.3) is 0 Å². The molecule has 2 heteroatoms. The summed E-state index contributed by atoms with van der Waals surface area (Å²) in [4.78, 5) is 0. The van der Waals surface area contributed by atoms with Crippen molar-refractivity contribution in [1.82, 2.24) is 0 Å². The van der Waals surface area contributed by atoms with Gasteiger partial charge in [0.25, 0.3) is 0 Å². The Morgan fingerprint density at radius 2 is 1.56 bits per heavy atom. The largest absolute Gasteiger partial charge is 0.370 e. The Labute approximate surface area is 98.9 Å². The molecule has 0 aromatic heterocycles. The van der Waals surface area contributed by atoms with Crippen molar-refractivity contribution in [3.8, 4) is 0 Å². The number of ether oxygens (including phenoxy) is 1. The highest BCUT2D eigenvalue weighted by molar-refractivity contribution is 5.08. The molecule has 0 spiro atoms. The summed E-state index contributed by atoms with van der Waals surface area (Å²) in [5, 5.41) is 0. The van der Waals surface area contributed by atoms with Gasteiger partial charge in [-0.05, 0) is 69.6 Å². The third-order valence-electron chi connectivity index (χ3n) is 5.29. The molecule has 2 N–H and O–H groups in total. The molecule has 0 aromatic rings. The Bertz CT molecular complexity index is 246. The second-order valence-corrected chi connectivity index (χ2v) is 6.63. The lowest BCUT2D eigenvalue weighted by atomic mass is 9.49. The van der Waals surface area contributed by atoms with Crippen LogP contribution in [-0.4, -0.2) is 18.2 Å². The van der Waals surface area contributed by atoms with E-state index < -0.39 is 0 Å². The second-order valence-electron chi connectivity index (χ2n) is 6.63. The van der Waals surface area contributed by atoms with E-state index in [1.54, 1.807) is 0 Å². The molecule has 0 radical (unpaired) electrons. The fourth-order valence-electron chi connectivity index (χ4n) is 4.99. The Morgan fingerprint density at radius 3 is 1.94 bits per heavy atom. The second kappa shape index (κ2) is 3.71. The van der Waals surface area contributed by atoms with E-state index >= 15 is 0 Å². The predicted octanol–water partition coefficient (Wildman–Crippen LogP) is 2.57. The minimum Gasteiger partial charge on any atom is -0.370 e. The van der Waals surface area contributed by atoms with Crippen molar-refractivity contribution in [2.75, 3.05) is 6.54 Å². The van der Waals surface area contributed by atoms with E-state index in [-0.39, 0.29) is 5.60 Å². The summed E-state index contributed by atoms with van der Waals surface area (Å²) in [6.07, 6.45) is 7.36. The lowest BCUT2D eigenvalue weighted by Gasteiger charge is -2.61. The average molecular weight is 223 g/mol. The summed E-state index contributed by atoms with van der Waals surface area (Å²) in [6, 6.07) is 0. The molecular weight excluding hydrogens is 198 g/mol. The van der Waals surface area contributed by atoms with Gasteiger partial charge in [0.2, 0.25) is 0 Å². The monoisotopic (exact) mass is 223 g/mol. The molecule has 92 valence electrons. The minimum absolute atomic E-state index is 0.0432. The van der Waals surface area contributed by atoms with E-state index in [1.807, 2.05) is 0 Å². The van der Waals surface area contributed by atoms with Gasteiger partial charge in [-0.25, -0.2) is 0 Å². The number of hydrogen-bond donors (Lipinski definition) is 1. The molecule has 0 aromatic carbocycles.